The Morgan fingerprint density at radius 2 is 2.06 bits per heavy atom. The molecular weight excluding hydrogens is 271 g/mol. The molecule has 0 spiro atoms. The first kappa shape index (κ1) is 12.1. The molecule has 18 heavy (non-hydrogen) atoms. The van der Waals surface area contributed by atoms with Gasteiger partial charge in [0.25, 0.3) is 0 Å². The van der Waals surface area contributed by atoms with E-state index in [0.717, 1.165) is 30.5 Å². The van der Waals surface area contributed by atoms with Gasteiger partial charge in [-0.15, -0.1) is 0 Å². The molecule has 4 nitrogen and oxygen atoms in total. The van der Waals surface area contributed by atoms with E-state index in [1.54, 1.807) is 6.07 Å². The van der Waals surface area contributed by atoms with Crippen LogP contribution in [0.1, 0.15) is 12.5 Å². The standard InChI is InChI=1S/C12H14Cl2N4/c1-17-3-2-7(6-17)18-11-5-9(14)8(13)4-10(11)16-12(18)15/h4-5,7H,2-3,6H2,1H3,(H2,15,16). The maximum atomic E-state index is 6.08. The number of likely N-dealkylation sites (N-methyl/N-ethyl adjacent to an activating group) is 1. The summed E-state index contributed by atoms with van der Waals surface area (Å²) in [6.45, 7) is 2.06. The molecule has 1 fully saturated rings. The number of nitrogens with zero attached hydrogens (tertiary/aromatic N) is 3. The summed E-state index contributed by atoms with van der Waals surface area (Å²) >= 11 is 12.1. The number of imidazole rings is 1. The van der Waals surface area contributed by atoms with Gasteiger partial charge in [0.15, 0.2) is 0 Å². The summed E-state index contributed by atoms with van der Waals surface area (Å²) in [4.78, 5) is 6.65. The molecule has 1 saturated heterocycles. The zero-order valence-electron chi connectivity index (χ0n) is 10.0. The van der Waals surface area contributed by atoms with Crippen LogP contribution < -0.4 is 5.73 Å². The second-order valence-electron chi connectivity index (χ2n) is 4.80. The molecule has 3 rings (SSSR count). The molecule has 1 atom stereocenters. The number of fused-ring (bicyclic) bond motifs is 1. The van der Waals surface area contributed by atoms with Crippen LogP contribution in [0.15, 0.2) is 12.1 Å². The Bertz CT molecular complexity index is 608. The van der Waals surface area contributed by atoms with Gasteiger partial charge in [0.2, 0.25) is 5.95 Å². The van der Waals surface area contributed by atoms with Gasteiger partial charge in [-0.25, -0.2) is 4.98 Å². The second kappa shape index (κ2) is 4.30. The number of halogens is 2. The fourth-order valence-corrected chi connectivity index (χ4v) is 2.93. The van der Waals surface area contributed by atoms with Crippen molar-refractivity contribution >= 4 is 40.2 Å². The molecule has 0 saturated carbocycles. The first-order chi connectivity index (χ1) is 8.56. The fourth-order valence-electron chi connectivity index (χ4n) is 2.62. The third kappa shape index (κ3) is 1.85. The van der Waals surface area contributed by atoms with Crippen LogP contribution in [0.2, 0.25) is 10.0 Å². The van der Waals surface area contributed by atoms with Gasteiger partial charge in [0, 0.05) is 6.54 Å². The zero-order chi connectivity index (χ0) is 12.9. The van der Waals surface area contributed by atoms with Crippen LogP contribution in [0.5, 0.6) is 0 Å². The van der Waals surface area contributed by atoms with Crippen molar-refractivity contribution in [3.63, 3.8) is 0 Å². The summed E-state index contributed by atoms with van der Waals surface area (Å²) in [6, 6.07) is 3.98. The zero-order valence-corrected chi connectivity index (χ0v) is 11.5. The average Bonchev–Trinajstić information content (AvgIpc) is 2.83. The van der Waals surface area contributed by atoms with E-state index in [4.69, 9.17) is 28.9 Å². The predicted molar refractivity (Wildman–Crippen MR) is 75.3 cm³/mol. The van der Waals surface area contributed by atoms with Gasteiger partial charge < -0.3 is 15.2 Å². The highest BCUT2D eigenvalue weighted by Crippen LogP contribution is 2.33. The van der Waals surface area contributed by atoms with Gasteiger partial charge in [-0.2, -0.15) is 0 Å². The molecule has 1 aromatic heterocycles. The van der Waals surface area contributed by atoms with Crippen LogP contribution in [-0.4, -0.2) is 34.6 Å². The van der Waals surface area contributed by atoms with E-state index >= 15 is 0 Å². The van der Waals surface area contributed by atoms with Crippen molar-refractivity contribution in [2.24, 2.45) is 0 Å². The number of aromatic nitrogens is 2. The minimum Gasteiger partial charge on any atom is -0.369 e. The van der Waals surface area contributed by atoms with E-state index in [1.165, 1.54) is 0 Å². The van der Waals surface area contributed by atoms with E-state index in [0.29, 0.717) is 22.0 Å². The number of hydrogen-bond acceptors (Lipinski definition) is 3. The Morgan fingerprint density at radius 1 is 1.33 bits per heavy atom. The maximum Gasteiger partial charge on any atom is 0.201 e. The average molecular weight is 285 g/mol. The smallest absolute Gasteiger partial charge is 0.201 e. The van der Waals surface area contributed by atoms with Crippen LogP contribution in [-0.2, 0) is 0 Å². The third-order valence-electron chi connectivity index (χ3n) is 3.49. The number of rotatable bonds is 1. The van der Waals surface area contributed by atoms with E-state index in [2.05, 4.69) is 21.5 Å². The SMILES string of the molecule is CN1CCC(n2c(N)nc3cc(Cl)c(Cl)cc32)C1. The number of benzene rings is 1. The topological polar surface area (TPSA) is 47.1 Å². The minimum absolute atomic E-state index is 0.359. The van der Waals surface area contributed by atoms with Gasteiger partial charge >= 0.3 is 0 Å². The summed E-state index contributed by atoms with van der Waals surface area (Å²) in [5, 5.41) is 1.05. The Kier molecular flexibility index (Phi) is 2.88. The Balaban J connectivity index is 2.16. The number of nitrogen functional groups attached to an aromatic ring is 1. The highest BCUT2D eigenvalue weighted by molar-refractivity contribution is 6.42. The molecule has 0 amide bonds. The van der Waals surface area contributed by atoms with Gasteiger partial charge in [-0.05, 0) is 32.1 Å². The van der Waals surface area contributed by atoms with Crippen molar-refractivity contribution in [2.75, 3.05) is 25.9 Å². The van der Waals surface area contributed by atoms with Gasteiger partial charge in [0.1, 0.15) is 0 Å². The molecule has 0 aliphatic carbocycles. The lowest BCUT2D eigenvalue weighted by Crippen LogP contribution is -2.17. The first-order valence-corrected chi connectivity index (χ1v) is 6.63. The van der Waals surface area contributed by atoms with E-state index in [-0.39, 0.29) is 0 Å². The van der Waals surface area contributed by atoms with Crippen molar-refractivity contribution < 1.29 is 0 Å². The Morgan fingerprint density at radius 3 is 2.72 bits per heavy atom. The number of nitrogens with two attached hydrogens (primary N) is 1. The highest BCUT2D eigenvalue weighted by atomic mass is 35.5. The highest BCUT2D eigenvalue weighted by Gasteiger charge is 2.25. The van der Waals surface area contributed by atoms with Gasteiger partial charge in [0.05, 0.1) is 27.1 Å². The molecule has 1 aliphatic heterocycles. The largest absolute Gasteiger partial charge is 0.369 e. The molecule has 0 bridgehead atoms. The van der Waals surface area contributed by atoms with Gasteiger partial charge in [-0.1, -0.05) is 23.2 Å². The monoisotopic (exact) mass is 284 g/mol. The van der Waals surface area contributed by atoms with E-state index in [1.807, 2.05) is 6.07 Å². The van der Waals surface area contributed by atoms with Crippen molar-refractivity contribution in [1.82, 2.24) is 14.5 Å². The molecular formula is C12H14Cl2N4. The van der Waals surface area contributed by atoms with Crippen molar-refractivity contribution in [3.05, 3.63) is 22.2 Å². The van der Waals surface area contributed by atoms with Crippen LogP contribution >= 0.6 is 23.2 Å². The molecule has 0 radical (unpaired) electrons. The second-order valence-corrected chi connectivity index (χ2v) is 5.61. The first-order valence-electron chi connectivity index (χ1n) is 5.87. The van der Waals surface area contributed by atoms with Crippen LogP contribution in [0.4, 0.5) is 5.95 Å². The van der Waals surface area contributed by atoms with Gasteiger partial charge in [-0.3, -0.25) is 0 Å². The number of likely N-dealkylation sites (tertiary alicyclic amines) is 1. The molecule has 2 N–H and O–H groups in total. The normalized spacial score (nSPS) is 20.9. The summed E-state index contributed by atoms with van der Waals surface area (Å²) < 4.78 is 2.07. The molecule has 2 heterocycles. The Hall–Kier alpha value is -0.970. The molecule has 6 heteroatoms. The van der Waals surface area contributed by atoms with E-state index < -0.39 is 0 Å². The van der Waals surface area contributed by atoms with Crippen LogP contribution in [0.3, 0.4) is 0 Å². The lowest BCUT2D eigenvalue weighted by Gasteiger charge is -2.15. The van der Waals surface area contributed by atoms with Crippen molar-refractivity contribution in [3.8, 4) is 0 Å². The van der Waals surface area contributed by atoms with Crippen molar-refractivity contribution in [2.45, 2.75) is 12.5 Å². The molecule has 1 aliphatic rings. The molecule has 1 unspecified atom stereocenters. The Labute approximate surface area is 115 Å². The molecule has 96 valence electrons. The summed E-state index contributed by atoms with van der Waals surface area (Å²) in [5.41, 5.74) is 7.79. The predicted octanol–water partition coefficient (Wildman–Crippen LogP) is 2.80. The van der Waals surface area contributed by atoms with Crippen LogP contribution in [0, 0.1) is 0 Å². The number of hydrogen-bond donors (Lipinski definition) is 1. The fraction of sp³-hybridized carbons (Fsp3) is 0.417. The molecule has 2 aromatic rings. The van der Waals surface area contributed by atoms with E-state index in [9.17, 15) is 0 Å². The lowest BCUT2D eigenvalue weighted by atomic mass is 10.2. The minimum atomic E-state index is 0.359. The quantitative estimate of drug-likeness (QED) is 0.876. The summed E-state index contributed by atoms with van der Waals surface area (Å²) in [5.74, 6) is 0.531. The third-order valence-corrected chi connectivity index (χ3v) is 4.21. The maximum absolute atomic E-state index is 6.08. The van der Waals surface area contributed by atoms with Crippen molar-refractivity contribution in [1.29, 1.82) is 0 Å². The molecule has 1 aromatic carbocycles. The number of anilines is 1. The lowest BCUT2D eigenvalue weighted by molar-refractivity contribution is 0.396. The van der Waals surface area contributed by atoms with Crippen LogP contribution in [0.25, 0.3) is 11.0 Å². The summed E-state index contributed by atoms with van der Waals surface area (Å²) in [6.07, 6.45) is 1.08. The summed E-state index contributed by atoms with van der Waals surface area (Å²) in [7, 11) is 2.11.